The largest absolute Gasteiger partial charge is 0.476 e. The number of aryl methyl sites for hydroxylation is 1. The maximum atomic E-state index is 12.4. The van der Waals surface area contributed by atoms with Gasteiger partial charge in [0, 0.05) is 5.56 Å². The molecule has 3 rings (SSSR count). The molecule has 2 aromatic rings. The molecule has 0 aliphatic carbocycles. The lowest BCUT2D eigenvalue weighted by Crippen LogP contribution is -2.45. The van der Waals surface area contributed by atoms with Gasteiger partial charge in [0.2, 0.25) is 0 Å². The number of carbonyl (C=O) groups excluding carboxylic acids is 2. The fraction of sp³-hybridized carbons (Fsp3) is 0.222. The highest BCUT2D eigenvalue weighted by molar-refractivity contribution is 6.09. The molecule has 2 N–H and O–H groups in total. The van der Waals surface area contributed by atoms with E-state index in [0.29, 0.717) is 22.7 Å². The Labute approximate surface area is 134 Å². The van der Waals surface area contributed by atoms with Crippen LogP contribution in [0.1, 0.15) is 29.8 Å². The van der Waals surface area contributed by atoms with Crippen LogP contribution in [0, 0.1) is 6.92 Å². The average molecular weight is 310 g/mol. The Hall–Kier alpha value is -2.82. The topological polar surface area (TPSA) is 67.4 Å². The van der Waals surface area contributed by atoms with Crippen LogP contribution in [0.4, 0.5) is 11.4 Å². The van der Waals surface area contributed by atoms with Crippen LogP contribution in [0.5, 0.6) is 5.75 Å². The van der Waals surface area contributed by atoms with E-state index in [9.17, 15) is 9.59 Å². The number of hydrogen-bond acceptors (Lipinski definition) is 3. The standard InChI is InChI=1S/C18H18N2O3/c1-11-6-4-7-12(10-11)16(21)19-13-8-5-9-14-15(13)20-17(22)18(2,3)23-14/h4-10H,1-3H3,(H,19,21)(H,20,22). The molecule has 0 spiro atoms. The Morgan fingerprint density at radius 3 is 2.65 bits per heavy atom. The molecule has 23 heavy (non-hydrogen) atoms. The number of fused-ring (bicyclic) bond motifs is 1. The van der Waals surface area contributed by atoms with Crippen LogP contribution in [-0.4, -0.2) is 17.4 Å². The smallest absolute Gasteiger partial charge is 0.268 e. The van der Waals surface area contributed by atoms with E-state index in [-0.39, 0.29) is 11.8 Å². The van der Waals surface area contributed by atoms with Gasteiger partial charge in [-0.25, -0.2) is 0 Å². The third-order valence-corrected chi connectivity index (χ3v) is 3.71. The molecule has 0 fully saturated rings. The number of nitrogens with one attached hydrogen (secondary N) is 2. The first-order valence-corrected chi connectivity index (χ1v) is 7.38. The minimum atomic E-state index is -0.938. The van der Waals surface area contributed by atoms with Crippen molar-refractivity contribution in [2.75, 3.05) is 10.6 Å². The number of rotatable bonds is 2. The highest BCUT2D eigenvalue weighted by atomic mass is 16.5. The minimum Gasteiger partial charge on any atom is -0.476 e. The van der Waals surface area contributed by atoms with Crippen LogP contribution in [0.25, 0.3) is 0 Å². The van der Waals surface area contributed by atoms with Gasteiger partial charge in [0.25, 0.3) is 11.8 Å². The molecule has 0 unspecified atom stereocenters. The van der Waals surface area contributed by atoms with Crippen molar-refractivity contribution < 1.29 is 14.3 Å². The Kier molecular flexibility index (Phi) is 3.56. The molecule has 0 bridgehead atoms. The summed E-state index contributed by atoms with van der Waals surface area (Å²) in [6.07, 6.45) is 0. The second-order valence-corrected chi connectivity index (χ2v) is 6.07. The second kappa shape index (κ2) is 5.43. The van der Waals surface area contributed by atoms with E-state index < -0.39 is 5.60 Å². The Balaban J connectivity index is 1.91. The van der Waals surface area contributed by atoms with Gasteiger partial charge in [-0.3, -0.25) is 9.59 Å². The summed E-state index contributed by atoms with van der Waals surface area (Å²) in [6.45, 7) is 5.32. The van der Waals surface area contributed by atoms with Crippen LogP contribution >= 0.6 is 0 Å². The fourth-order valence-electron chi connectivity index (χ4n) is 2.42. The predicted molar refractivity (Wildman–Crippen MR) is 88.9 cm³/mol. The maximum Gasteiger partial charge on any atom is 0.268 e. The van der Waals surface area contributed by atoms with E-state index >= 15 is 0 Å². The van der Waals surface area contributed by atoms with E-state index in [2.05, 4.69) is 10.6 Å². The number of amides is 2. The summed E-state index contributed by atoms with van der Waals surface area (Å²) in [5.74, 6) is 0.0556. The van der Waals surface area contributed by atoms with Crippen molar-refractivity contribution in [2.45, 2.75) is 26.4 Å². The zero-order chi connectivity index (χ0) is 16.6. The van der Waals surface area contributed by atoms with Crippen LogP contribution in [0.15, 0.2) is 42.5 Å². The fourth-order valence-corrected chi connectivity index (χ4v) is 2.42. The normalized spacial score (nSPS) is 15.2. The first-order valence-electron chi connectivity index (χ1n) is 7.38. The molecule has 1 aliphatic rings. The Bertz CT molecular complexity index is 797. The molecular weight excluding hydrogens is 292 g/mol. The molecule has 1 aliphatic heterocycles. The van der Waals surface area contributed by atoms with E-state index in [1.54, 1.807) is 38.1 Å². The molecular formula is C18H18N2O3. The SMILES string of the molecule is Cc1cccc(C(=O)Nc2cccc3c2NC(=O)C(C)(C)O3)c1. The van der Waals surface area contributed by atoms with Gasteiger partial charge >= 0.3 is 0 Å². The molecule has 1 heterocycles. The lowest BCUT2D eigenvalue weighted by molar-refractivity contribution is -0.129. The number of hydrogen-bond donors (Lipinski definition) is 2. The monoisotopic (exact) mass is 310 g/mol. The van der Waals surface area contributed by atoms with E-state index in [1.165, 1.54) is 0 Å². The molecule has 5 heteroatoms. The zero-order valence-electron chi connectivity index (χ0n) is 13.3. The number of benzene rings is 2. The predicted octanol–water partition coefficient (Wildman–Crippen LogP) is 3.36. The highest BCUT2D eigenvalue weighted by Gasteiger charge is 2.36. The van der Waals surface area contributed by atoms with Crippen LogP contribution in [0.2, 0.25) is 0 Å². The number of anilines is 2. The second-order valence-electron chi connectivity index (χ2n) is 6.07. The molecule has 0 atom stereocenters. The summed E-state index contributed by atoms with van der Waals surface area (Å²) in [7, 11) is 0. The lowest BCUT2D eigenvalue weighted by atomic mass is 10.1. The van der Waals surface area contributed by atoms with Crippen molar-refractivity contribution in [1.29, 1.82) is 0 Å². The molecule has 0 saturated carbocycles. The van der Waals surface area contributed by atoms with Crippen molar-refractivity contribution in [3.05, 3.63) is 53.6 Å². The summed E-state index contributed by atoms with van der Waals surface area (Å²) in [5, 5.41) is 5.64. The van der Waals surface area contributed by atoms with Gasteiger partial charge in [-0.05, 0) is 45.0 Å². The van der Waals surface area contributed by atoms with Gasteiger partial charge in [-0.15, -0.1) is 0 Å². The first-order chi connectivity index (χ1) is 10.9. The van der Waals surface area contributed by atoms with Gasteiger partial charge in [0.15, 0.2) is 5.60 Å². The summed E-state index contributed by atoms with van der Waals surface area (Å²) in [5.41, 5.74) is 1.62. The number of ether oxygens (including phenoxy) is 1. The maximum absolute atomic E-state index is 12.4. The molecule has 2 amide bonds. The van der Waals surface area contributed by atoms with Crippen LogP contribution in [0.3, 0.4) is 0 Å². The first kappa shape index (κ1) is 15.1. The summed E-state index contributed by atoms with van der Waals surface area (Å²) in [6, 6.07) is 12.6. The third kappa shape index (κ3) is 2.90. The quantitative estimate of drug-likeness (QED) is 0.894. The molecule has 118 valence electrons. The Morgan fingerprint density at radius 2 is 1.91 bits per heavy atom. The lowest BCUT2D eigenvalue weighted by Gasteiger charge is -2.32. The van der Waals surface area contributed by atoms with Gasteiger partial charge in [-0.1, -0.05) is 23.8 Å². The van der Waals surface area contributed by atoms with Gasteiger partial charge in [0.1, 0.15) is 11.4 Å². The highest BCUT2D eigenvalue weighted by Crippen LogP contribution is 2.39. The molecule has 0 radical (unpaired) electrons. The molecule has 0 aromatic heterocycles. The van der Waals surface area contributed by atoms with Crippen LogP contribution < -0.4 is 15.4 Å². The molecule has 0 saturated heterocycles. The van der Waals surface area contributed by atoms with E-state index in [1.807, 2.05) is 25.1 Å². The number of para-hydroxylation sites is 1. The van der Waals surface area contributed by atoms with Crippen molar-refractivity contribution in [3.63, 3.8) is 0 Å². The third-order valence-electron chi connectivity index (χ3n) is 3.71. The summed E-state index contributed by atoms with van der Waals surface area (Å²) in [4.78, 5) is 24.5. The van der Waals surface area contributed by atoms with Crippen molar-refractivity contribution in [3.8, 4) is 5.75 Å². The summed E-state index contributed by atoms with van der Waals surface area (Å²) < 4.78 is 5.72. The van der Waals surface area contributed by atoms with Gasteiger partial charge in [-0.2, -0.15) is 0 Å². The Morgan fingerprint density at radius 1 is 1.17 bits per heavy atom. The summed E-state index contributed by atoms with van der Waals surface area (Å²) >= 11 is 0. The van der Waals surface area contributed by atoms with Crippen molar-refractivity contribution in [2.24, 2.45) is 0 Å². The van der Waals surface area contributed by atoms with Gasteiger partial charge in [0.05, 0.1) is 5.69 Å². The molecule has 2 aromatic carbocycles. The van der Waals surface area contributed by atoms with Gasteiger partial charge < -0.3 is 15.4 Å². The number of carbonyl (C=O) groups is 2. The van der Waals surface area contributed by atoms with E-state index in [0.717, 1.165) is 5.56 Å². The van der Waals surface area contributed by atoms with E-state index in [4.69, 9.17) is 4.74 Å². The molecule has 5 nitrogen and oxygen atoms in total. The van der Waals surface area contributed by atoms with Crippen molar-refractivity contribution in [1.82, 2.24) is 0 Å². The van der Waals surface area contributed by atoms with Crippen LogP contribution in [-0.2, 0) is 4.79 Å². The zero-order valence-corrected chi connectivity index (χ0v) is 13.3. The minimum absolute atomic E-state index is 0.235. The van der Waals surface area contributed by atoms with Crippen molar-refractivity contribution >= 4 is 23.2 Å². The average Bonchev–Trinajstić information content (AvgIpc) is 2.49.